The Labute approximate surface area is 187 Å². The fourth-order valence-electron chi connectivity index (χ4n) is 3.37. The molecule has 1 aromatic heterocycles. The number of para-hydroxylation sites is 1. The minimum atomic E-state index is -0.0313. The van der Waals surface area contributed by atoms with Crippen molar-refractivity contribution in [2.75, 3.05) is 44.3 Å². The van der Waals surface area contributed by atoms with Crippen molar-refractivity contribution in [2.24, 2.45) is 0 Å². The molecule has 8 nitrogen and oxygen atoms in total. The smallest absolute Gasteiger partial charge is 0.260 e. The van der Waals surface area contributed by atoms with Gasteiger partial charge in [-0.3, -0.25) is 4.79 Å². The summed E-state index contributed by atoms with van der Waals surface area (Å²) in [7, 11) is 0. The largest absolute Gasteiger partial charge is 0.494 e. The second-order valence-electron chi connectivity index (χ2n) is 7.21. The van der Waals surface area contributed by atoms with Crippen LogP contribution in [0.15, 0.2) is 66.7 Å². The molecule has 4 rings (SSSR count). The number of aromatic nitrogens is 2. The lowest BCUT2D eigenvalue weighted by molar-refractivity contribution is -0.133. The van der Waals surface area contributed by atoms with Gasteiger partial charge in [0.2, 0.25) is 5.88 Å². The molecular weight excluding hydrogens is 408 g/mol. The molecular formula is C24H26N4O4. The summed E-state index contributed by atoms with van der Waals surface area (Å²) < 4.78 is 16.7. The van der Waals surface area contributed by atoms with Crippen molar-refractivity contribution < 1.29 is 19.0 Å². The summed E-state index contributed by atoms with van der Waals surface area (Å²) in [6.07, 6.45) is 0. The molecule has 0 atom stereocenters. The normalized spacial score (nSPS) is 13.5. The predicted molar refractivity (Wildman–Crippen MR) is 120 cm³/mol. The van der Waals surface area contributed by atoms with Gasteiger partial charge in [0, 0.05) is 32.2 Å². The van der Waals surface area contributed by atoms with Gasteiger partial charge in [-0.15, -0.1) is 10.2 Å². The number of amides is 1. The third-order valence-electron chi connectivity index (χ3n) is 5.05. The molecule has 1 fully saturated rings. The molecule has 166 valence electrons. The third kappa shape index (κ3) is 5.66. The van der Waals surface area contributed by atoms with Crippen molar-refractivity contribution >= 4 is 11.7 Å². The van der Waals surface area contributed by atoms with Gasteiger partial charge in [0.15, 0.2) is 12.4 Å². The van der Waals surface area contributed by atoms with Crippen molar-refractivity contribution in [3.8, 4) is 23.1 Å². The van der Waals surface area contributed by atoms with Gasteiger partial charge >= 0.3 is 0 Å². The summed E-state index contributed by atoms with van der Waals surface area (Å²) >= 11 is 0. The molecule has 0 radical (unpaired) electrons. The van der Waals surface area contributed by atoms with Crippen LogP contribution in [0, 0.1) is 0 Å². The van der Waals surface area contributed by atoms with Crippen LogP contribution in [0.2, 0.25) is 0 Å². The van der Waals surface area contributed by atoms with Gasteiger partial charge in [-0.2, -0.15) is 0 Å². The Hall–Kier alpha value is -3.81. The molecule has 1 saturated heterocycles. The Balaban J connectivity index is 1.23. The lowest BCUT2D eigenvalue weighted by Crippen LogP contribution is -2.50. The topological polar surface area (TPSA) is 77.0 Å². The van der Waals surface area contributed by atoms with Gasteiger partial charge < -0.3 is 24.0 Å². The molecule has 1 aliphatic heterocycles. The molecule has 1 aliphatic rings. The highest BCUT2D eigenvalue weighted by Gasteiger charge is 2.22. The van der Waals surface area contributed by atoms with Gasteiger partial charge in [-0.25, -0.2) is 0 Å². The maximum Gasteiger partial charge on any atom is 0.260 e. The molecule has 2 heterocycles. The number of piperazine rings is 1. The number of anilines is 1. The Morgan fingerprint density at radius 2 is 1.50 bits per heavy atom. The molecule has 0 aliphatic carbocycles. The number of carbonyl (C=O) groups excluding carboxylic acids is 1. The summed E-state index contributed by atoms with van der Waals surface area (Å²) in [4.78, 5) is 16.4. The van der Waals surface area contributed by atoms with E-state index in [1.54, 1.807) is 18.2 Å². The quantitative estimate of drug-likeness (QED) is 0.538. The highest BCUT2D eigenvalue weighted by atomic mass is 16.5. The number of ether oxygens (including phenoxy) is 3. The van der Waals surface area contributed by atoms with E-state index >= 15 is 0 Å². The minimum absolute atomic E-state index is 0.0132. The summed E-state index contributed by atoms with van der Waals surface area (Å²) in [5.74, 6) is 3.33. The van der Waals surface area contributed by atoms with Gasteiger partial charge in [-0.1, -0.05) is 18.2 Å². The van der Waals surface area contributed by atoms with Crippen LogP contribution < -0.4 is 19.1 Å². The van der Waals surface area contributed by atoms with E-state index < -0.39 is 0 Å². The zero-order valence-electron chi connectivity index (χ0n) is 18.0. The standard InChI is InChI=1S/C24H26N4O4/c1-2-30-19-8-10-20(11-9-19)31-18-24(29)28-16-14-27(15-17-28)22-12-13-23(26-25-22)32-21-6-4-3-5-7-21/h3-13H,2,14-18H2,1H3. The molecule has 0 bridgehead atoms. The molecule has 0 spiro atoms. The first-order chi connectivity index (χ1) is 15.7. The van der Waals surface area contributed by atoms with Crippen LogP contribution in [0.4, 0.5) is 5.82 Å². The Morgan fingerprint density at radius 3 is 2.12 bits per heavy atom. The number of nitrogens with zero attached hydrogens (tertiary/aromatic N) is 4. The summed E-state index contributed by atoms with van der Waals surface area (Å²) in [6.45, 7) is 5.14. The van der Waals surface area contributed by atoms with Crippen molar-refractivity contribution in [1.82, 2.24) is 15.1 Å². The summed E-state index contributed by atoms with van der Waals surface area (Å²) in [5.41, 5.74) is 0. The first-order valence-electron chi connectivity index (χ1n) is 10.7. The Bertz CT molecular complexity index is 989. The van der Waals surface area contributed by atoms with Crippen LogP contribution >= 0.6 is 0 Å². The first kappa shape index (κ1) is 21.4. The highest BCUT2D eigenvalue weighted by molar-refractivity contribution is 5.78. The second kappa shape index (κ2) is 10.5. The number of carbonyl (C=O) groups is 1. The molecule has 0 N–H and O–H groups in total. The fourth-order valence-corrected chi connectivity index (χ4v) is 3.37. The molecule has 32 heavy (non-hydrogen) atoms. The van der Waals surface area contributed by atoms with Crippen molar-refractivity contribution in [3.63, 3.8) is 0 Å². The maximum absolute atomic E-state index is 12.5. The Morgan fingerprint density at radius 1 is 0.812 bits per heavy atom. The van der Waals surface area contributed by atoms with E-state index in [0.29, 0.717) is 50.2 Å². The second-order valence-corrected chi connectivity index (χ2v) is 7.21. The highest BCUT2D eigenvalue weighted by Crippen LogP contribution is 2.21. The van der Waals surface area contributed by atoms with Crippen LogP contribution in [-0.4, -0.2) is 60.4 Å². The van der Waals surface area contributed by atoms with Gasteiger partial charge in [-0.05, 0) is 49.4 Å². The third-order valence-corrected chi connectivity index (χ3v) is 5.05. The van der Waals surface area contributed by atoms with E-state index in [-0.39, 0.29) is 12.5 Å². The number of rotatable bonds is 8. The molecule has 8 heteroatoms. The van der Waals surface area contributed by atoms with E-state index in [0.717, 1.165) is 11.6 Å². The van der Waals surface area contributed by atoms with E-state index in [9.17, 15) is 4.79 Å². The predicted octanol–water partition coefficient (Wildman–Crippen LogP) is 3.40. The Kier molecular flexibility index (Phi) is 7.01. The monoisotopic (exact) mass is 434 g/mol. The zero-order valence-corrected chi connectivity index (χ0v) is 18.0. The van der Waals surface area contributed by atoms with Crippen molar-refractivity contribution in [1.29, 1.82) is 0 Å². The lowest BCUT2D eigenvalue weighted by Gasteiger charge is -2.35. The van der Waals surface area contributed by atoms with E-state index in [1.165, 1.54) is 0 Å². The summed E-state index contributed by atoms with van der Waals surface area (Å²) in [6, 6.07) is 20.4. The molecule has 0 unspecified atom stereocenters. The average Bonchev–Trinajstić information content (AvgIpc) is 2.85. The van der Waals surface area contributed by atoms with Crippen LogP contribution in [0.5, 0.6) is 23.1 Å². The number of benzene rings is 2. The van der Waals surface area contributed by atoms with E-state index in [2.05, 4.69) is 15.1 Å². The number of hydrogen-bond donors (Lipinski definition) is 0. The van der Waals surface area contributed by atoms with E-state index in [4.69, 9.17) is 14.2 Å². The summed E-state index contributed by atoms with van der Waals surface area (Å²) in [5, 5.41) is 8.44. The fraction of sp³-hybridized carbons (Fsp3) is 0.292. The van der Waals surface area contributed by atoms with Crippen molar-refractivity contribution in [3.05, 3.63) is 66.7 Å². The van der Waals surface area contributed by atoms with Crippen molar-refractivity contribution in [2.45, 2.75) is 6.92 Å². The molecule has 1 amide bonds. The SMILES string of the molecule is CCOc1ccc(OCC(=O)N2CCN(c3ccc(Oc4ccccc4)nn3)CC2)cc1. The maximum atomic E-state index is 12.5. The zero-order chi connectivity index (χ0) is 22.2. The van der Waals surface area contributed by atoms with Crippen LogP contribution in [0.25, 0.3) is 0 Å². The van der Waals surface area contributed by atoms with Gasteiger partial charge in [0.25, 0.3) is 5.91 Å². The minimum Gasteiger partial charge on any atom is -0.494 e. The van der Waals surface area contributed by atoms with Gasteiger partial charge in [0.05, 0.1) is 6.61 Å². The molecule has 0 saturated carbocycles. The molecule has 3 aromatic rings. The first-order valence-corrected chi connectivity index (χ1v) is 10.7. The average molecular weight is 434 g/mol. The van der Waals surface area contributed by atoms with Gasteiger partial charge in [0.1, 0.15) is 17.2 Å². The number of hydrogen-bond acceptors (Lipinski definition) is 7. The lowest BCUT2D eigenvalue weighted by atomic mass is 10.3. The van der Waals surface area contributed by atoms with Crippen LogP contribution in [0.3, 0.4) is 0 Å². The van der Waals surface area contributed by atoms with E-state index in [1.807, 2.05) is 60.4 Å². The van der Waals surface area contributed by atoms with Crippen LogP contribution in [-0.2, 0) is 4.79 Å². The van der Waals surface area contributed by atoms with Crippen LogP contribution in [0.1, 0.15) is 6.92 Å². The molecule has 2 aromatic carbocycles.